The Kier molecular flexibility index (Phi) is 5.00. The fourth-order valence-electron chi connectivity index (χ4n) is 1.97. The molecule has 0 bridgehead atoms. The number of halogens is 1. The first kappa shape index (κ1) is 16.0. The molecule has 1 atom stereocenters. The molecule has 0 saturated heterocycles. The molecule has 0 spiro atoms. The molecule has 0 aromatic heterocycles. The van der Waals surface area contributed by atoms with Crippen LogP contribution < -0.4 is 4.72 Å². The topological polar surface area (TPSA) is 66.4 Å². The molecule has 0 heterocycles. The van der Waals surface area contributed by atoms with Crippen molar-refractivity contribution in [1.29, 1.82) is 0 Å². The van der Waals surface area contributed by atoms with Crippen LogP contribution in [-0.2, 0) is 10.0 Å². The number of hydrogen-bond donors (Lipinski definition) is 2. The highest BCUT2D eigenvalue weighted by molar-refractivity contribution is 7.89. The fourth-order valence-corrected chi connectivity index (χ4v) is 3.79. The molecule has 2 aromatic carbocycles. The van der Waals surface area contributed by atoms with E-state index in [0.29, 0.717) is 5.56 Å². The Bertz CT molecular complexity index is 717. The van der Waals surface area contributed by atoms with E-state index < -0.39 is 16.1 Å². The van der Waals surface area contributed by atoms with E-state index in [9.17, 15) is 13.5 Å². The number of rotatable bonds is 5. The second kappa shape index (κ2) is 6.58. The molecule has 2 N–H and O–H groups in total. The van der Waals surface area contributed by atoms with Crippen LogP contribution in [0.25, 0.3) is 0 Å². The van der Waals surface area contributed by atoms with Crippen molar-refractivity contribution in [3.63, 3.8) is 0 Å². The zero-order chi connectivity index (χ0) is 15.5. The lowest BCUT2D eigenvalue weighted by Gasteiger charge is -2.17. The van der Waals surface area contributed by atoms with E-state index in [1.807, 2.05) is 13.0 Å². The third kappa shape index (κ3) is 3.83. The number of benzene rings is 2. The molecule has 0 saturated carbocycles. The molecule has 4 nitrogen and oxygen atoms in total. The van der Waals surface area contributed by atoms with Crippen molar-refractivity contribution in [3.8, 4) is 0 Å². The summed E-state index contributed by atoms with van der Waals surface area (Å²) in [6, 6.07) is 12.9. The van der Waals surface area contributed by atoms with Gasteiger partial charge in [-0.3, -0.25) is 0 Å². The summed E-state index contributed by atoms with van der Waals surface area (Å²) in [6.07, 6.45) is 0. The van der Waals surface area contributed by atoms with E-state index in [0.717, 1.165) is 5.56 Å². The number of nitrogens with one attached hydrogen (secondary N) is 1. The minimum atomic E-state index is -3.81. The number of aliphatic hydroxyl groups excluding tert-OH is 1. The van der Waals surface area contributed by atoms with Gasteiger partial charge in [-0.05, 0) is 30.2 Å². The Morgan fingerprint density at radius 2 is 1.86 bits per heavy atom. The van der Waals surface area contributed by atoms with Crippen molar-refractivity contribution in [2.75, 3.05) is 6.61 Å². The third-order valence-corrected chi connectivity index (χ3v) is 5.01. The first-order valence-corrected chi connectivity index (χ1v) is 8.24. The van der Waals surface area contributed by atoms with E-state index in [4.69, 9.17) is 11.6 Å². The van der Waals surface area contributed by atoms with Crippen LogP contribution in [0.3, 0.4) is 0 Å². The number of hydrogen-bond acceptors (Lipinski definition) is 3. The summed E-state index contributed by atoms with van der Waals surface area (Å²) < 4.78 is 27.3. The van der Waals surface area contributed by atoms with Gasteiger partial charge in [0, 0.05) is 0 Å². The highest BCUT2D eigenvalue weighted by atomic mass is 35.5. The van der Waals surface area contributed by atoms with Gasteiger partial charge in [0.1, 0.15) is 4.90 Å². The van der Waals surface area contributed by atoms with Crippen LogP contribution in [0.1, 0.15) is 17.2 Å². The van der Waals surface area contributed by atoms with E-state index in [-0.39, 0.29) is 16.5 Å². The van der Waals surface area contributed by atoms with E-state index in [1.165, 1.54) is 6.07 Å². The van der Waals surface area contributed by atoms with Crippen molar-refractivity contribution in [2.24, 2.45) is 0 Å². The molecule has 21 heavy (non-hydrogen) atoms. The highest BCUT2D eigenvalue weighted by Gasteiger charge is 2.23. The zero-order valence-electron chi connectivity index (χ0n) is 11.5. The summed E-state index contributed by atoms with van der Waals surface area (Å²) in [7, 11) is -3.81. The lowest BCUT2D eigenvalue weighted by atomic mass is 10.1. The van der Waals surface area contributed by atoms with Gasteiger partial charge < -0.3 is 5.11 Å². The van der Waals surface area contributed by atoms with E-state index >= 15 is 0 Å². The predicted molar refractivity (Wildman–Crippen MR) is 82.8 cm³/mol. The van der Waals surface area contributed by atoms with Crippen molar-refractivity contribution < 1.29 is 13.5 Å². The molecule has 0 fully saturated rings. The first-order chi connectivity index (χ1) is 9.94. The average Bonchev–Trinajstić information content (AvgIpc) is 2.45. The highest BCUT2D eigenvalue weighted by Crippen LogP contribution is 2.24. The molecule has 0 radical (unpaired) electrons. The Morgan fingerprint density at radius 1 is 1.19 bits per heavy atom. The monoisotopic (exact) mass is 325 g/mol. The number of aryl methyl sites for hydroxylation is 1. The first-order valence-electron chi connectivity index (χ1n) is 6.38. The molecule has 0 unspecified atom stereocenters. The second-order valence-electron chi connectivity index (χ2n) is 4.70. The Balaban J connectivity index is 2.32. The summed E-state index contributed by atoms with van der Waals surface area (Å²) >= 11 is 6.01. The van der Waals surface area contributed by atoms with Gasteiger partial charge in [0.25, 0.3) is 0 Å². The minimum Gasteiger partial charge on any atom is -0.394 e. The maximum atomic E-state index is 12.4. The SMILES string of the molecule is Cc1ccc(S(=O)(=O)N[C@@H](CO)c2ccccc2)c(Cl)c1. The van der Waals surface area contributed by atoms with Gasteiger partial charge in [-0.2, -0.15) is 0 Å². The molecular weight excluding hydrogens is 310 g/mol. The predicted octanol–water partition coefficient (Wildman–Crippen LogP) is 2.66. The van der Waals surface area contributed by atoms with Crippen LogP contribution in [0.15, 0.2) is 53.4 Å². The van der Waals surface area contributed by atoms with Gasteiger partial charge in [-0.15, -0.1) is 0 Å². The fraction of sp³-hybridized carbons (Fsp3) is 0.200. The number of aliphatic hydroxyl groups is 1. The van der Waals surface area contributed by atoms with Crippen LogP contribution >= 0.6 is 11.6 Å². The quantitative estimate of drug-likeness (QED) is 0.888. The Labute approximate surface area is 129 Å². The molecule has 6 heteroatoms. The average molecular weight is 326 g/mol. The van der Waals surface area contributed by atoms with E-state index in [2.05, 4.69) is 4.72 Å². The lowest BCUT2D eigenvalue weighted by molar-refractivity contribution is 0.259. The van der Waals surface area contributed by atoms with Gasteiger partial charge in [0.2, 0.25) is 10.0 Å². The molecule has 112 valence electrons. The summed E-state index contributed by atoms with van der Waals surface area (Å²) in [5, 5.41) is 9.60. The zero-order valence-corrected chi connectivity index (χ0v) is 13.0. The third-order valence-electron chi connectivity index (χ3n) is 3.06. The largest absolute Gasteiger partial charge is 0.394 e. The molecule has 0 aliphatic rings. The van der Waals surface area contributed by atoms with E-state index in [1.54, 1.807) is 36.4 Å². The Hall–Kier alpha value is -1.40. The summed E-state index contributed by atoms with van der Waals surface area (Å²) in [5.41, 5.74) is 1.56. The maximum Gasteiger partial charge on any atom is 0.242 e. The molecule has 0 aliphatic heterocycles. The van der Waals surface area contributed by atoms with Gasteiger partial charge in [0.15, 0.2) is 0 Å². The molecular formula is C15H16ClNO3S. The van der Waals surface area contributed by atoms with Crippen molar-refractivity contribution in [2.45, 2.75) is 17.9 Å². The maximum absolute atomic E-state index is 12.4. The van der Waals surface area contributed by atoms with Crippen LogP contribution in [0, 0.1) is 6.92 Å². The van der Waals surface area contributed by atoms with Crippen molar-refractivity contribution >= 4 is 21.6 Å². The molecule has 0 aliphatic carbocycles. The standard InChI is InChI=1S/C15H16ClNO3S/c1-11-7-8-15(13(16)9-11)21(19,20)17-14(10-18)12-5-3-2-4-6-12/h2-9,14,17-18H,10H2,1H3/t14-/m0/s1. The molecule has 2 aromatic rings. The van der Waals surface area contributed by atoms with Gasteiger partial charge >= 0.3 is 0 Å². The molecule has 0 amide bonds. The second-order valence-corrected chi connectivity index (χ2v) is 6.79. The lowest BCUT2D eigenvalue weighted by Crippen LogP contribution is -2.31. The summed E-state index contributed by atoms with van der Waals surface area (Å²) in [6.45, 7) is 1.49. The summed E-state index contributed by atoms with van der Waals surface area (Å²) in [4.78, 5) is 0.00384. The Morgan fingerprint density at radius 3 is 2.43 bits per heavy atom. The van der Waals surface area contributed by atoms with Gasteiger partial charge in [-0.25, -0.2) is 13.1 Å². The number of sulfonamides is 1. The minimum absolute atomic E-state index is 0.00384. The van der Waals surface area contributed by atoms with Crippen molar-refractivity contribution in [3.05, 3.63) is 64.7 Å². The smallest absolute Gasteiger partial charge is 0.242 e. The van der Waals surface area contributed by atoms with Gasteiger partial charge in [0.05, 0.1) is 17.7 Å². The van der Waals surface area contributed by atoms with Crippen molar-refractivity contribution in [1.82, 2.24) is 4.72 Å². The normalized spacial score (nSPS) is 13.1. The molecule has 2 rings (SSSR count). The van der Waals surface area contributed by atoms with Crippen LogP contribution in [0.5, 0.6) is 0 Å². The summed E-state index contributed by atoms with van der Waals surface area (Å²) in [5.74, 6) is 0. The van der Waals surface area contributed by atoms with Crippen LogP contribution in [0.2, 0.25) is 5.02 Å². The van der Waals surface area contributed by atoms with Crippen LogP contribution in [-0.4, -0.2) is 20.1 Å². The van der Waals surface area contributed by atoms with Gasteiger partial charge in [-0.1, -0.05) is 48.0 Å². The van der Waals surface area contributed by atoms with Crippen LogP contribution in [0.4, 0.5) is 0 Å².